The Morgan fingerprint density at radius 2 is 1.42 bits per heavy atom. The first-order valence-corrected chi connectivity index (χ1v) is 11.3. The maximum absolute atomic E-state index is 12.8. The number of rotatable bonds is 16. The van der Waals surface area contributed by atoms with Crippen molar-refractivity contribution in [1.29, 1.82) is 0 Å². The second-order valence-electron chi connectivity index (χ2n) is 7.18. The molecular weight excluding hydrogens is 462 g/mol. The third-order valence-corrected chi connectivity index (χ3v) is 4.97. The minimum atomic E-state index is -1.69. The summed E-state index contributed by atoms with van der Waals surface area (Å²) in [7, 11) is 0. The predicted molar refractivity (Wildman–Crippen MR) is 117 cm³/mol. The number of nitrogens with one attached hydrogen (secondary N) is 3. The van der Waals surface area contributed by atoms with E-state index in [-0.39, 0.29) is 12.8 Å². The molecule has 0 aromatic rings. The highest BCUT2D eigenvalue weighted by molar-refractivity contribution is 7.98. The first-order valence-electron chi connectivity index (χ1n) is 9.86. The van der Waals surface area contributed by atoms with Crippen LogP contribution in [0.25, 0.3) is 0 Å². The zero-order valence-corrected chi connectivity index (χ0v) is 19.1. The maximum Gasteiger partial charge on any atom is 0.328 e. The molecule has 0 heterocycles. The number of carbonyl (C=O) groups is 6. The summed E-state index contributed by atoms with van der Waals surface area (Å²) in [6, 6.07) is -5.65. The van der Waals surface area contributed by atoms with Crippen LogP contribution in [0.1, 0.15) is 32.6 Å². The van der Waals surface area contributed by atoms with E-state index in [9.17, 15) is 33.9 Å². The summed E-state index contributed by atoms with van der Waals surface area (Å²) in [5.74, 6) is -5.91. The quantitative estimate of drug-likeness (QED) is 0.106. The minimum absolute atomic E-state index is 0.112. The fourth-order valence-electron chi connectivity index (χ4n) is 2.54. The predicted octanol–water partition coefficient (Wildman–Crippen LogP) is -3.27. The summed E-state index contributed by atoms with van der Waals surface area (Å²) in [6.45, 7) is 1.13. The topological polar surface area (TPSA) is 251 Å². The van der Waals surface area contributed by atoms with Crippen LogP contribution in [0.3, 0.4) is 0 Å². The fourth-order valence-corrected chi connectivity index (χ4v) is 3.02. The van der Waals surface area contributed by atoms with Crippen molar-refractivity contribution < 1.29 is 44.1 Å². The third kappa shape index (κ3) is 12.1. The average Bonchev–Trinajstić information content (AvgIpc) is 2.70. The van der Waals surface area contributed by atoms with Crippen molar-refractivity contribution in [2.45, 2.75) is 62.9 Å². The Morgan fingerprint density at radius 1 is 0.909 bits per heavy atom. The van der Waals surface area contributed by atoms with Gasteiger partial charge in [0.2, 0.25) is 23.6 Å². The van der Waals surface area contributed by atoms with Gasteiger partial charge < -0.3 is 42.7 Å². The van der Waals surface area contributed by atoms with Gasteiger partial charge in [0.1, 0.15) is 12.1 Å². The van der Waals surface area contributed by atoms with Crippen LogP contribution in [0.4, 0.5) is 0 Å². The van der Waals surface area contributed by atoms with E-state index in [1.807, 2.05) is 5.32 Å². The molecule has 0 aromatic heterocycles. The highest BCUT2D eigenvalue weighted by Crippen LogP contribution is 2.06. The second-order valence-corrected chi connectivity index (χ2v) is 8.16. The molecule has 188 valence electrons. The normalized spacial score (nSPS) is 15.3. The molecule has 0 bridgehead atoms. The van der Waals surface area contributed by atoms with E-state index in [2.05, 4.69) is 10.6 Å². The molecule has 5 unspecified atom stereocenters. The minimum Gasteiger partial charge on any atom is -0.481 e. The molecule has 10 N–H and O–H groups in total. The fraction of sp³-hybridized carbons (Fsp3) is 0.667. The van der Waals surface area contributed by atoms with E-state index in [1.54, 1.807) is 6.26 Å². The number of nitrogens with two attached hydrogens (primary N) is 2. The second kappa shape index (κ2) is 15.0. The molecule has 0 radical (unpaired) electrons. The van der Waals surface area contributed by atoms with Gasteiger partial charge in [0.05, 0.1) is 18.6 Å². The summed E-state index contributed by atoms with van der Waals surface area (Å²) >= 11 is 1.36. The third-order valence-electron chi connectivity index (χ3n) is 4.33. The standard InChI is InChI=1S/C18H31N5O9S/c1-8(24)14(18(31)32)23-17(30)10(3-4-13(26)27)22-16(29)11(5-6-33-2)21-15(28)9(19)7-12(20)25/h8-11,14,24H,3-7,19H2,1-2H3,(H2,20,25)(H,21,28)(H,22,29)(H,23,30)(H,26,27)(H,31,32). The molecule has 15 heteroatoms. The summed E-state index contributed by atoms with van der Waals surface area (Å²) in [5.41, 5.74) is 10.6. The van der Waals surface area contributed by atoms with Gasteiger partial charge in [0, 0.05) is 6.42 Å². The molecule has 4 amide bonds. The number of aliphatic hydroxyl groups is 1. The van der Waals surface area contributed by atoms with Gasteiger partial charge in [0.25, 0.3) is 0 Å². The number of aliphatic carboxylic acids is 2. The van der Waals surface area contributed by atoms with E-state index in [0.29, 0.717) is 5.75 Å². The molecule has 0 fully saturated rings. The molecule has 0 spiro atoms. The van der Waals surface area contributed by atoms with Crippen LogP contribution in [-0.2, 0) is 28.8 Å². The highest BCUT2D eigenvalue weighted by atomic mass is 32.2. The lowest BCUT2D eigenvalue weighted by Gasteiger charge is -2.25. The number of carboxylic acid groups (broad SMARTS) is 2. The number of carbonyl (C=O) groups excluding carboxylic acids is 4. The van der Waals surface area contributed by atoms with Crippen molar-refractivity contribution in [2.75, 3.05) is 12.0 Å². The molecular formula is C18H31N5O9S. The van der Waals surface area contributed by atoms with Gasteiger partial charge in [-0.25, -0.2) is 4.79 Å². The Bertz CT molecular complexity index is 734. The number of amides is 4. The van der Waals surface area contributed by atoms with E-state index in [0.717, 1.165) is 6.92 Å². The van der Waals surface area contributed by atoms with Crippen LogP contribution in [0.15, 0.2) is 0 Å². The number of primary amides is 1. The molecule has 0 saturated carbocycles. The van der Waals surface area contributed by atoms with Gasteiger partial charge in [-0.2, -0.15) is 11.8 Å². The van der Waals surface area contributed by atoms with Crippen molar-refractivity contribution in [3.8, 4) is 0 Å². The molecule has 33 heavy (non-hydrogen) atoms. The number of carboxylic acids is 2. The Labute approximate surface area is 194 Å². The van der Waals surface area contributed by atoms with Crippen LogP contribution in [0.2, 0.25) is 0 Å². The van der Waals surface area contributed by atoms with Gasteiger partial charge >= 0.3 is 11.9 Å². The van der Waals surface area contributed by atoms with E-state index in [1.165, 1.54) is 11.8 Å². The van der Waals surface area contributed by atoms with Crippen molar-refractivity contribution in [3.63, 3.8) is 0 Å². The monoisotopic (exact) mass is 493 g/mol. The summed E-state index contributed by atoms with van der Waals surface area (Å²) in [4.78, 5) is 70.7. The van der Waals surface area contributed by atoms with Crippen LogP contribution in [0.5, 0.6) is 0 Å². The lowest BCUT2D eigenvalue weighted by Crippen LogP contribution is -2.58. The van der Waals surface area contributed by atoms with E-state index < -0.39 is 78.7 Å². The Balaban J connectivity index is 5.53. The Hall–Kier alpha value is -2.91. The van der Waals surface area contributed by atoms with Crippen LogP contribution >= 0.6 is 11.8 Å². The largest absolute Gasteiger partial charge is 0.481 e. The van der Waals surface area contributed by atoms with Gasteiger partial charge in [-0.1, -0.05) is 0 Å². The number of thioether (sulfide) groups is 1. The summed E-state index contributed by atoms with van der Waals surface area (Å²) in [6.07, 6.45) is -0.980. The van der Waals surface area contributed by atoms with Crippen molar-refractivity contribution in [1.82, 2.24) is 16.0 Å². The zero-order chi connectivity index (χ0) is 25.7. The molecule has 0 aromatic carbocycles. The smallest absolute Gasteiger partial charge is 0.328 e. The maximum atomic E-state index is 12.8. The van der Waals surface area contributed by atoms with Crippen molar-refractivity contribution in [3.05, 3.63) is 0 Å². The number of aliphatic hydroxyl groups excluding tert-OH is 1. The van der Waals surface area contributed by atoms with Gasteiger partial charge in [-0.05, 0) is 31.8 Å². The lowest BCUT2D eigenvalue weighted by atomic mass is 10.1. The average molecular weight is 494 g/mol. The first kappa shape index (κ1) is 30.1. The first-order chi connectivity index (χ1) is 15.3. The summed E-state index contributed by atoms with van der Waals surface area (Å²) < 4.78 is 0. The van der Waals surface area contributed by atoms with E-state index >= 15 is 0 Å². The molecule has 14 nitrogen and oxygen atoms in total. The number of hydrogen-bond acceptors (Lipinski definition) is 9. The molecule has 0 aliphatic heterocycles. The lowest BCUT2D eigenvalue weighted by molar-refractivity contribution is -0.145. The molecule has 0 aliphatic carbocycles. The molecule has 0 aliphatic rings. The zero-order valence-electron chi connectivity index (χ0n) is 18.3. The molecule has 0 saturated heterocycles. The molecule has 5 atom stereocenters. The number of hydrogen-bond donors (Lipinski definition) is 8. The van der Waals surface area contributed by atoms with Gasteiger partial charge in [0.15, 0.2) is 6.04 Å². The van der Waals surface area contributed by atoms with Gasteiger partial charge in [-0.15, -0.1) is 0 Å². The van der Waals surface area contributed by atoms with Crippen molar-refractivity contribution >= 4 is 47.3 Å². The van der Waals surface area contributed by atoms with E-state index in [4.69, 9.17) is 21.7 Å². The van der Waals surface area contributed by atoms with Crippen molar-refractivity contribution in [2.24, 2.45) is 11.5 Å². The summed E-state index contributed by atoms with van der Waals surface area (Å²) in [5, 5.41) is 34.3. The Morgan fingerprint density at radius 3 is 1.88 bits per heavy atom. The highest BCUT2D eigenvalue weighted by Gasteiger charge is 2.32. The SMILES string of the molecule is CSCCC(NC(=O)C(N)CC(N)=O)C(=O)NC(CCC(=O)O)C(=O)NC(C(=O)O)C(C)O. The van der Waals surface area contributed by atoms with Gasteiger partial charge in [-0.3, -0.25) is 24.0 Å². The molecule has 0 rings (SSSR count). The Kier molecular flexibility index (Phi) is 13.7. The van der Waals surface area contributed by atoms with Crippen LogP contribution < -0.4 is 27.4 Å². The van der Waals surface area contributed by atoms with Crippen LogP contribution in [-0.4, -0.2) is 93.2 Å². The van der Waals surface area contributed by atoms with Crippen LogP contribution in [0, 0.1) is 0 Å².